The molecular formula is C118H72N10. The summed E-state index contributed by atoms with van der Waals surface area (Å²) in [5, 5.41) is 25.9. The van der Waals surface area contributed by atoms with E-state index >= 15 is 0 Å². The number of nitrogens with zero attached hydrogens (tertiary/aromatic N) is 10. The van der Waals surface area contributed by atoms with E-state index in [9.17, 15) is 0 Å². The highest BCUT2D eigenvalue weighted by Crippen LogP contribution is 2.45. The SMILES string of the molecule is c1ccc2c(-c3nc(-c4cccc5ccccc45)nc(-n4c5ccccc5c5cc(-c6ccc7c(c6)c6ccccc6n7-c6ccc7c(ccc8ccccc87)c6)ccc54)n3)cccc2c1.c1ccc2cc(-n3c4ccccc4c4cc(-c5ccc6c(c5)c5ccccc5n6-c5nc(-c6cccc7ccccc67)nc(-c6cccc7ccccc67)n5)ccc43)ccc2c1. The lowest BCUT2D eigenvalue weighted by Crippen LogP contribution is -2.06. The Morgan fingerprint density at radius 1 is 0.133 bits per heavy atom. The summed E-state index contributed by atoms with van der Waals surface area (Å²) in [7, 11) is 0. The molecule has 0 aliphatic heterocycles. The van der Waals surface area contributed by atoms with Crippen molar-refractivity contribution in [2.75, 3.05) is 0 Å². The highest BCUT2D eigenvalue weighted by molar-refractivity contribution is 6.17. The van der Waals surface area contributed by atoms with Crippen LogP contribution in [0, 0.1) is 0 Å². The Morgan fingerprint density at radius 3 is 0.742 bits per heavy atom. The molecule has 0 saturated heterocycles. The summed E-state index contributed by atoms with van der Waals surface area (Å²) in [6, 6.07) is 156. The van der Waals surface area contributed by atoms with Crippen LogP contribution in [0.3, 0.4) is 0 Å². The number of hydrogen-bond acceptors (Lipinski definition) is 6. The molecule has 0 radical (unpaired) electrons. The Bertz CT molecular complexity index is 9110. The number of fused-ring (bicyclic) bond motifs is 20. The largest absolute Gasteiger partial charge is 0.309 e. The molecule has 0 aliphatic rings. The fourth-order valence-corrected chi connectivity index (χ4v) is 20.1. The van der Waals surface area contributed by atoms with Crippen LogP contribution in [-0.4, -0.2) is 48.2 Å². The van der Waals surface area contributed by atoms with Gasteiger partial charge < -0.3 is 9.13 Å². The molecule has 6 heterocycles. The van der Waals surface area contributed by atoms with Crippen molar-refractivity contribution in [1.82, 2.24) is 48.2 Å². The van der Waals surface area contributed by atoms with Gasteiger partial charge in [0.15, 0.2) is 23.3 Å². The number of para-hydroxylation sites is 4. The summed E-state index contributed by atoms with van der Waals surface area (Å²) < 4.78 is 9.22. The number of hydrogen-bond donors (Lipinski definition) is 0. The van der Waals surface area contributed by atoms with Crippen LogP contribution >= 0.6 is 0 Å². The smallest absolute Gasteiger partial charge is 0.238 e. The molecular weight excluding hydrogens is 1560 g/mol. The predicted octanol–water partition coefficient (Wildman–Crippen LogP) is 30.2. The van der Waals surface area contributed by atoms with E-state index in [1.54, 1.807) is 0 Å². The summed E-state index contributed by atoms with van der Waals surface area (Å²) in [5.74, 6) is 3.68. The molecule has 21 aromatic carbocycles. The second-order valence-electron chi connectivity index (χ2n) is 33.2. The van der Waals surface area contributed by atoms with Crippen molar-refractivity contribution in [2.24, 2.45) is 0 Å². The molecule has 0 unspecified atom stereocenters. The van der Waals surface area contributed by atoms with Crippen LogP contribution < -0.4 is 0 Å². The molecule has 6 aromatic heterocycles. The van der Waals surface area contributed by atoms with Crippen LogP contribution in [-0.2, 0) is 0 Å². The molecule has 0 fully saturated rings. The topological polar surface area (TPSA) is 97.1 Å². The third-order valence-corrected chi connectivity index (χ3v) is 26.1. The van der Waals surface area contributed by atoms with E-state index in [1.165, 1.54) is 75.9 Å². The second kappa shape index (κ2) is 29.2. The molecule has 594 valence electrons. The van der Waals surface area contributed by atoms with E-state index in [0.29, 0.717) is 35.2 Å². The van der Waals surface area contributed by atoms with Crippen LogP contribution in [0.4, 0.5) is 0 Å². The molecule has 0 atom stereocenters. The Kier molecular flexibility index (Phi) is 16.5. The van der Waals surface area contributed by atoms with Crippen molar-refractivity contribution in [3.05, 3.63) is 437 Å². The Hall–Kier alpha value is -17.3. The van der Waals surface area contributed by atoms with Crippen LogP contribution in [0.25, 0.3) is 254 Å². The van der Waals surface area contributed by atoms with Crippen LogP contribution in [0.2, 0.25) is 0 Å². The zero-order valence-corrected chi connectivity index (χ0v) is 69.0. The minimum absolute atomic E-state index is 0.575. The lowest BCUT2D eigenvalue weighted by molar-refractivity contribution is 0.955. The fourth-order valence-electron chi connectivity index (χ4n) is 20.1. The zero-order valence-electron chi connectivity index (χ0n) is 69.0. The second-order valence-corrected chi connectivity index (χ2v) is 33.2. The first-order valence-corrected chi connectivity index (χ1v) is 43.5. The van der Waals surface area contributed by atoms with Gasteiger partial charge in [-0.05, 0) is 195 Å². The van der Waals surface area contributed by atoms with Gasteiger partial charge in [0, 0.05) is 76.7 Å². The summed E-state index contributed by atoms with van der Waals surface area (Å²) in [5.41, 5.74) is 19.6. The van der Waals surface area contributed by atoms with Crippen molar-refractivity contribution < 1.29 is 0 Å². The zero-order chi connectivity index (χ0) is 84.0. The van der Waals surface area contributed by atoms with E-state index in [-0.39, 0.29) is 0 Å². The molecule has 0 N–H and O–H groups in total. The predicted molar refractivity (Wildman–Crippen MR) is 532 cm³/mol. The first-order chi connectivity index (χ1) is 63.4. The molecule has 27 aromatic rings. The normalized spacial score (nSPS) is 11.9. The third kappa shape index (κ3) is 11.7. The lowest BCUT2D eigenvalue weighted by atomic mass is 10.0. The quantitative estimate of drug-likeness (QED) is 0.127. The van der Waals surface area contributed by atoms with Gasteiger partial charge in [-0.15, -0.1) is 0 Å². The van der Waals surface area contributed by atoms with Gasteiger partial charge >= 0.3 is 0 Å². The lowest BCUT2D eigenvalue weighted by Gasteiger charge is -2.13. The summed E-state index contributed by atoms with van der Waals surface area (Å²) in [6.07, 6.45) is 0. The van der Waals surface area contributed by atoms with Gasteiger partial charge in [-0.25, -0.2) is 9.97 Å². The van der Waals surface area contributed by atoms with Crippen LogP contribution in [0.15, 0.2) is 437 Å². The maximum Gasteiger partial charge on any atom is 0.238 e. The first kappa shape index (κ1) is 72.3. The molecule has 10 nitrogen and oxygen atoms in total. The van der Waals surface area contributed by atoms with Crippen molar-refractivity contribution in [1.29, 1.82) is 0 Å². The van der Waals surface area contributed by atoms with Crippen molar-refractivity contribution in [3.8, 4) is 91.1 Å². The maximum absolute atomic E-state index is 5.34. The fraction of sp³-hybridized carbons (Fsp3) is 0. The first-order valence-electron chi connectivity index (χ1n) is 43.5. The third-order valence-electron chi connectivity index (χ3n) is 26.1. The molecule has 0 aliphatic carbocycles. The van der Waals surface area contributed by atoms with Gasteiger partial charge in [0.2, 0.25) is 11.9 Å². The monoisotopic (exact) mass is 1630 g/mol. The van der Waals surface area contributed by atoms with E-state index < -0.39 is 0 Å². The van der Waals surface area contributed by atoms with Gasteiger partial charge in [-0.2, -0.15) is 19.9 Å². The van der Waals surface area contributed by atoms with E-state index in [4.69, 9.17) is 29.9 Å². The summed E-state index contributed by atoms with van der Waals surface area (Å²) >= 11 is 0. The average Bonchev–Trinajstić information content (AvgIpc) is 1.54. The molecule has 10 heteroatoms. The van der Waals surface area contributed by atoms with Crippen molar-refractivity contribution >= 4 is 163 Å². The number of rotatable bonds is 10. The summed E-state index contributed by atoms with van der Waals surface area (Å²) in [6.45, 7) is 0. The number of benzene rings is 21. The maximum atomic E-state index is 5.34. The van der Waals surface area contributed by atoms with Gasteiger partial charge in [0.05, 0.1) is 44.1 Å². The van der Waals surface area contributed by atoms with Gasteiger partial charge in [0.1, 0.15) is 0 Å². The molecule has 0 spiro atoms. The Balaban J connectivity index is 0.000000136. The highest BCUT2D eigenvalue weighted by atomic mass is 15.2. The number of aromatic nitrogens is 10. The molecule has 0 saturated carbocycles. The van der Waals surface area contributed by atoms with Gasteiger partial charge in [-0.1, -0.05) is 340 Å². The summed E-state index contributed by atoms with van der Waals surface area (Å²) in [4.78, 5) is 31.8. The van der Waals surface area contributed by atoms with Gasteiger partial charge in [0.25, 0.3) is 0 Å². The molecule has 128 heavy (non-hydrogen) atoms. The highest BCUT2D eigenvalue weighted by Gasteiger charge is 2.25. The van der Waals surface area contributed by atoms with Gasteiger partial charge in [-0.3, -0.25) is 9.13 Å². The minimum atomic E-state index is 0.575. The van der Waals surface area contributed by atoms with Crippen LogP contribution in [0.5, 0.6) is 0 Å². The van der Waals surface area contributed by atoms with Crippen LogP contribution in [0.1, 0.15) is 0 Å². The molecule has 27 rings (SSSR count). The minimum Gasteiger partial charge on any atom is -0.309 e. The Morgan fingerprint density at radius 2 is 0.375 bits per heavy atom. The van der Waals surface area contributed by atoms with Crippen molar-refractivity contribution in [2.45, 2.75) is 0 Å². The average molecular weight is 1630 g/mol. The van der Waals surface area contributed by atoms with E-state index in [2.05, 4.69) is 455 Å². The van der Waals surface area contributed by atoms with E-state index in [1.807, 2.05) is 0 Å². The Labute approximate surface area is 733 Å². The molecule has 0 bridgehead atoms. The standard InChI is InChI=1S/C61H37N5.C57H35N5/c1-5-19-46-38(13-1)16-11-23-51(46)59-62-60(52-24-12-17-39-14-2-6-20-47(39)52)64-61(63-59)66-56-26-10-8-22-50(56)54-37-42(30-34-58(54)66)41-29-33-57-53(36-41)49-21-7-9-25-55(49)65(57)44-31-32-48-43(35-44)28-27-40-15-3-4-18-45(40)48;1-2-16-39-33-42(30-27-36(39)13-1)61-51-25-9-7-21-45(51)49-34-40(28-31-53(49)61)41-29-32-54-50(35-41)46-22-8-10-26-52(46)62(54)57-59-55(47-23-11-17-37-14-3-5-19-43(37)47)58-56(60-57)48-24-12-18-38-15-4-6-20-44(38)48/h1-37H;1-35H. The van der Waals surface area contributed by atoms with Crippen molar-refractivity contribution in [3.63, 3.8) is 0 Å². The molecule has 0 amide bonds. The van der Waals surface area contributed by atoms with E-state index in [0.717, 1.165) is 143 Å².